The minimum Gasteiger partial charge on any atom is -0.370 e. The third kappa shape index (κ3) is 3.92. The quantitative estimate of drug-likeness (QED) is 0.797. The van der Waals surface area contributed by atoms with E-state index in [9.17, 15) is 0 Å². The molecule has 3 rings (SSSR count). The summed E-state index contributed by atoms with van der Waals surface area (Å²) in [6.07, 6.45) is 8.99. The van der Waals surface area contributed by atoms with Crippen molar-refractivity contribution in [3.8, 4) is 0 Å². The van der Waals surface area contributed by atoms with E-state index in [0.717, 1.165) is 30.1 Å². The number of nitrogens with one attached hydrogen (secondary N) is 1. The molecule has 0 amide bonds. The second kappa shape index (κ2) is 6.87. The Morgan fingerprint density at radius 1 is 1.19 bits per heavy atom. The second-order valence-electron chi connectivity index (χ2n) is 6.36. The van der Waals surface area contributed by atoms with Crippen LogP contribution in [-0.2, 0) is 11.2 Å². The smallest absolute Gasteiger partial charge is 0.0708 e. The van der Waals surface area contributed by atoms with Gasteiger partial charge >= 0.3 is 0 Å². The van der Waals surface area contributed by atoms with Crippen LogP contribution in [0.5, 0.6) is 0 Å². The van der Waals surface area contributed by atoms with E-state index in [-0.39, 0.29) is 5.60 Å². The fourth-order valence-electron chi connectivity index (χ4n) is 3.64. The van der Waals surface area contributed by atoms with Gasteiger partial charge in [0.1, 0.15) is 0 Å². The summed E-state index contributed by atoms with van der Waals surface area (Å²) in [5.74, 6) is 0. The molecule has 2 aliphatic rings. The van der Waals surface area contributed by atoms with Crippen LogP contribution in [0.1, 0.15) is 44.1 Å². The Balaban J connectivity index is 1.39. The SMILES string of the molecule is Clc1ccc(CCNCC2CCC3(CCCC3)O2)c(Cl)c1. The highest BCUT2D eigenvalue weighted by Crippen LogP contribution is 2.43. The first-order valence-corrected chi connectivity index (χ1v) is 8.75. The Morgan fingerprint density at radius 2 is 2.00 bits per heavy atom. The van der Waals surface area contributed by atoms with Crippen LogP contribution in [0.2, 0.25) is 10.0 Å². The molecule has 1 aliphatic carbocycles. The number of hydrogen-bond donors (Lipinski definition) is 1. The van der Waals surface area contributed by atoms with Crippen molar-refractivity contribution in [2.45, 2.75) is 56.7 Å². The molecule has 1 aromatic carbocycles. The van der Waals surface area contributed by atoms with E-state index in [1.54, 1.807) is 0 Å². The Kier molecular flexibility index (Phi) is 5.11. The summed E-state index contributed by atoms with van der Waals surface area (Å²) in [5, 5.41) is 4.96. The second-order valence-corrected chi connectivity index (χ2v) is 7.20. The number of benzene rings is 1. The standard InChI is InChI=1S/C17H23Cl2NO/c18-14-4-3-13(16(19)11-14)6-10-20-12-15-5-9-17(21-15)7-1-2-8-17/h3-4,11,15,20H,1-2,5-10,12H2. The number of halogens is 2. The Morgan fingerprint density at radius 3 is 2.76 bits per heavy atom. The maximum atomic E-state index is 6.30. The van der Waals surface area contributed by atoms with Crippen molar-refractivity contribution in [2.75, 3.05) is 13.1 Å². The van der Waals surface area contributed by atoms with Crippen molar-refractivity contribution in [3.05, 3.63) is 33.8 Å². The Hall–Kier alpha value is -0.280. The van der Waals surface area contributed by atoms with Crippen LogP contribution in [0.4, 0.5) is 0 Å². The van der Waals surface area contributed by atoms with E-state index in [1.165, 1.54) is 38.5 Å². The van der Waals surface area contributed by atoms with Gasteiger partial charge in [-0.1, -0.05) is 42.1 Å². The van der Waals surface area contributed by atoms with Crippen LogP contribution in [-0.4, -0.2) is 24.8 Å². The van der Waals surface area contributed by atoms with Crippen LogP contribution in [0.15, 0.2) is 18.2 Å². The highest BCUT2D eigenvalue weighted by molar-refractivity contribution is 6.35. The molecule has 1 saturated heterocycles. The van der Waals surface area contributed by atoms with Gasteiger partial charge < -0.3 is 10.1 Å². The van der Waals surface area contributed by atoms with E-state index < -0.39 is 0 Å². The van der Waals surface area contributed by atoms with E-state index >= 15 is 0 Å². The van der Waals surface area contributed by atoms with E-state index in [2.05, 4.69) is 5.32 Å². The van der Waals surface area contributed by atoms with Crippen molar-refractivity contribution in [3.63, 3.8) is 0 Å². The molecular formula is C17H23Cl2NO. The normalized spacial score (nSPS) is 24.0. The van der Waals surface area contributed by atoms with E-state index in [1.807, 2.05) is 18.2 Å². The lowest BCUT2D eigenvalue weighted by molar-refractivity contribution is -0.0349. The van der Waals surface area contributed by atoms with Gasteiger partial charge in [0, 0.05) is 16.6 Å². The minimum atomic E-state index is 0.242. The maximum Gasteiger partial charge on any atom is 0.0708 e. The van der Waals surface area contributed by atoms with Gasteiger partial charge in [-0.3, -0.25) is 0 Å². The third-order valence-corrected chi connectivity index (χ3v) is 5.40. The van der Waals surface area contributed by atoms with Gasteiger partial charge in [0.15, 0.2) is 0 Å². The molecule has 116 valence electrons. The summed E-state index contributed by atoms with van der Waals surface area (Å²) in [7, 11) is 0. The molecule has 1 aliphatic heterocycles. The largest absolute Gasteiger partial charge is 0.370 e. The highest BCUT2D eigenvalue weighted by Gasteiger charge is 2.41. The lowest BCUT2D eigenvalue weighted by Crippen LogP contribution is -2.31. The van der Waals surface area contributed by atoms with E-state index in [0.29, 0.717) is 11.1 Å². The molecule has 1 saturated carbocycles. The summed E-state index contributed by atoms with van der Waals surface area (Å²) in [6.45, 7) is 1.88. The molecule has 1 aromatic rings. The average Bonchev–Trinajstić information content (AvgIpc) is 3.08. The maximum absolute atomic E-state index is 6.30. The molecular weight excluding hydrogens is 305 g/mol. The number of hydrogen-bond acceptors (Lipinski definition) is 2. The molecule has 1 spiro atoms. The van der Waals surface area contributed by atoms with Crippen LogP contribution in [0.3, 0.4) is 0 Å². The van der Waals surface area contributed by atoms with Crippen LogP contribution in [0.25, 0.3) is 0 Å². The summed E-state index contributed by atoms with van der Waals surface area (Å²) < 4.78 is 6.30. The lowest BCUT2D eigenvalue weighted by atomic mass is 9.98. The molecule has 2 nitrogen and oxygen atoms in total. The molecule has 4 heteroatoms. The van der Waals surface area contributed by atoms with Crippen molar-refractivity contribution in [1.29, 1.82) is 0 Å². The van der Waals surface area contributed by atoms with Crippen molar-refractivity contribution < 1.29 is 4.74 Å². The molecule has 1 heterocycles. The molecule has 1 N–H and O–H groups in total. The molecule has 2 fully saturated rings. The van der Waals surface area contributed by atoms with Crippen LogP contribution in [0, 0.1) is 0 Å². The summed E-state index contributed by atoms with van der Waals surface area (Å²) >= 11 is 12.1. The van der Waals surface area contributed by atoms with Crippen molar-refractivity contribution in [2.24, 2.45) is 0 Å². The first-order chi connectivity index (χ1) is 10.2. The van der Waals surface area contributed by atoms with Gasteiger partial charge in [-0.2, -0.15) is 0 Å². The highest BCUT2D eigenvalue weighted by atomic mass is 35.5. The summed E-state index contributed by atoms with van der Waals surface area (Å²) in [4.78, 5) is 0. The summed E-state index contributed by atoms with van der Waals surface area (Å²) in [5.41, 5.74) is 1.39. The fourth-order valence-corrected chi connectivity index (χ4v) is 4.14. The van der Waals surface area contributed by atoms with Gasteiger partial charge in [-0.05, 0) is 56.3 Å². The Bertz CT molecular complexity index is 486. The first-order valence-electron chi connectivity index (χ1n) is 7.99. The predicted molar refractivity (Wildman–Crippen MR) is 88.3 cm³/mol. The first kappa shape index (κ1) is 15.6. The van der Waals surface area contributed by atoms with Crippen LogP contribution >= 0.6 is 23.2 Å². The predicted octanol–water partition coefficient (Wildman–Crippen LogP) is 4.62. The van der Waals surface area contributed by atoms with Gasteiger partial charge in [0.2, 0.25) is 0 Å². The average molecular weight is 328 g/mol. The monoisotopic (exact) mass is 327 g/mol. The minimum absolute atomic E-state index is 0.242. The Labute approximate surface area is 137 Å². The van der Waals surface area contributed by atoms with Gasteiger partial charge in [-0.25, -0.2) is 0 Å². The van der Waals surface area contributed by atoms with Gasteiger partial charge in [0.05, 0.1) is 11.7 Å². The van der Waals surface area contributed by atoms with Crippen molar-refractivity contribution >= 4 is 23.2 Å². The molecule has 1 atom stereocenters. The van der Waals surface area contributed by atoms with Gasteiger partial charge in [0.25, 0.3) is 0 Å². The molecule has 0 aromatic heterocycles. The molecule has 0 radical (unpaired) electrons. The van der Waals surface area contributed by atoms with Crippen LogP contribution < -0.4 is 5.32 Å². The zero-order valence-electron chi connectivity index (χ0n) is 12.3. The lowest BCUT2D eigenvalue weighted by Gasteiger charge is -2.24. The molecule has 0 bridgehead atoms. The van der Waals surface area contributed by atoms with E-state index in [4.69, 9.17) is 27.9 Å². The zero-order valence-corrected chi connectivity index (χ0v) is 13.8. The summed E-state index contributed by atoms with van der Waals surface area (Å²) in [6, 6.07) is 5.71. The number of rotatable bonds is 5. The molecule has 1 unspecified atom stereocenters. The zero-order chi connectivity index (χ0) is 14.7. The molecule has 21 heavy (non-hydrogen) atoms. The van der Waals surface area contributed by atoms with Crippen molar-refractivity contribution in [1.82, 2.24) is 5.32 Å². The number of ether oxygens (including phenoxy) is 1. The topological polar surface area (TPSA) is 21.3 Å². The van der Waals surface area contributed by atoms with Gasteiger partial charge in [-0.15, -0.1) is 0 Å². The third-order valence-electron chi connectivity index (χ3n) is 4.81. The fraction of sp³-hybridized carbons (Fsp3) is 0.647.